The van der Waals surface area contributed by atoms with Gasteiger partial charge in [-0.05, 0) is 12.8 Å². The van der Waals surface area contributed by atoms with E-state index in [2.05, 4.69) is 11.5 Å². The van der Waals surface area contributed by atoms with Crippen molar-refractivity contribution in [1.82, 2.24) is 4.90 Å². The van der Waals surface area contributed by atoms with Crippen LogP contribution in [0.3, 0.4) is 0 Å². The average molecular weight is 185 g/mol. The van der Waals surface area contributed by atoms with E-state index in [-0.39, 0.29) is 6.61 Å². The predicted octanol–water partition coefficient (Wildman–Crippen LogP) is 0.646. The van der Waals surface area contributed by atoms with Gasteiger partial charge in [0.1, 0.15) is 0 Å². The van der Waals surface area contributed by atoms with Crippen molar-refractivity contribution in [3.8, 4) is 0 Å². The summed E-state index contributed by atoms with van der Waals surface area (Å²) in [5, 5.41) is 8.89. The summed E-state index contributed by atoms with van der Waals surface area (Å²) in [6, 6.07) is 0.568. The molecule has 1 fully saturated rings. The van der Waals surface area contributed by atoms with Crippen LogP contribution in [0.15, 0.2) is 12.7 Å². The van der Waals surface area contributed by atoms with Gasteiger partial charge >= 0.3 is 0 Å². The fourth-order valence-corrected chi connectivity index (χ4v) is 1.77. The minimum Gasteiger partial charge on any atom is -0.395 e. The summed E-state index contributed by atoms with van der Waals surface area (Å²) in [6.07, 6.45) is 4.05. The van der Waals surface area contributed by atoms with Crippen LogP contribution in [0.25, 0.3) is 0 Å². The quantitative estimate of drug-likeness (QED) is 0.638. The minimum atomic E-state index is 0.227. The van der Waals surface area contributed by atoms with Gasteiger partial charge in [0.2, 0.25) is 0 Å². The van der Waals surface area contributed by atoms with Crippen LogP contribution >= 0.6 is 0 Å². The van der Waals surface area contributed by atoms with Crippen molar-refractivity contribution in [2.75, 3.05) is 32.9 Å². The predicted molar refractivity (Wildman–Crippen MR) is 52.7 cm³/mol. The molecular weight excluding hydrogens is 166 g/mol. The van der Waals surface area contributed by atoms with Crippen LogP contribution < -0.4 is 0 Å². The van der Waals surface area contributed by atoms with E-state index in [0.29, 0.717) is 6.04 Å². The average Bonchev–Trinajstić information content (AvgIpc) is 2.19. The molecule has 1 saturated heterocycles. The lowest BCUT2D eigenvalue weighted by molar-refractivity contribution is 0.0326. The number of ether oxygens (including phenoxy) is 1. The number of hydrogen-bond donors (Lipinski definition) is 1. The molecule has 1 N–H and O–H groups in total. The second-order valence-electron chi connectivity index (χ2n) is 3.35. The van der Waals surface area contributed by atoms with E-state index in [1.807, 2.05) is 6.08 Å². The fourth-order valence-electron chi connectivity index (χ4n) is 1.77. The minimum absolute atomic E-state index is 0.227. The van der Waals surface area contributed by atoms with Crippen molar-refractivity contribution in [3.05, 3.63) is 12.7 Å². The van der Waals surface area contributed by atoms with Gasteiger partial charge in [-0.15, -0.1) is 6.58 Å². The number of nitrogens with zero attached hydrogens (tertiary/aromatic N) is 1. The molecule has 0 saturated carbocycles. The monoisotopic (exact) mass is 185 g/mol. The highest BCUT2D eigenvalue weighted by Gasteiger charge is 2.19. The first-order chi connectivity index (χ1) is 6.38. The number of rotatable bonds is 5. The maximum atomic E-state index is 8.89. The standard InChI is InChI=1S/C10H19NO2/c1-2-5-11(6-7-12)10-3-8-13-9-4-10/h2,10,12H,1,3-9H2. The van der Waals surface area contributed by atoms with E-state index in [1.54, 1.807) is 0 Å². The van der Waals surface area contributed by atoms with Crippen LogP contribution in [0.1, 0.15) is 12.8 Å². The Bertz CT molecular complexity index is 144. The summed E-state index contributed by atoms with van der Waals surface area (Å²) in [4.78, 5) is 2.27. The lowest BCUT2D eigenvalue weighted by atomic mass is 10.1. The Labute approximate surface area is 80.0 Å². The molecule has 0 atom stereocenters. The van der Waals surface area contributed by atoms with Crippen LogP contribution in [-0.2, 0) is 4.74 Å². The van der Waals surface area contributed by atoms with Crippen molar-refractivity contribution in [2.24, 2.45) is 0 Å². The lowest BCUT2D eigenvalue weighted by Gasteiger charge is -2.32. The van der Waals surface area contributed by atoms with Crippen molar-refractivity contribution in [1.29, 1.82) is 0 Å². The molecule has 1 aliphatic rings. The summed E-state index contributed by atoms with van der Waals surface area (Å²) in [6.45, 7) is 7.27. The Balaban J connectivity index is 2.36. The largest absolute Gasteiger partial charge is 0.395 e. The first-order valence-electron chi connectivity index (χ1n) is 4.92. The molecule has 0 spiro atoms. The smallest absolute Gasteiger partial charge is 0.0558 e. The second-order valence-corrected chi connectivity index (χ2v) is 3.35. The van der Waals surface area contributed by atoms with E-state index in [1.165, 1.54) is 0 Å². The number of aliphatic hydroxyl groups excluding tert-OH is 1. The van der Waals surface area contributed by atoms with Crippen LogP contribution in [-0.4, -0.2) is 49.0 Å². The summed E-state index contributed by atoms with van der Waals surface area (Å²) >= 11 is 0. The normalized spacial score (nSPS) is 19.2. The Morgan fingerprint density at radius 1 is 1.46 bits per heavy atom. The molecule has 3 heteroatoms. The van der Waals surface area contributed by atoms with Gasteiger partial charge in [-0.2, -0.15) is 0 Å². The molecule has 1 heterocycles. The molecule has 76 valence electrons. The lowest BCUT2D eigenvalue weighted by Crippen LogP contribution is -2.41. The van der Waals surface area contributed by atoms with Crippen LogP contribution in [0.4, 0.5) is 0 Å². The van der Waals surface area contributed by atoms with Crippen LogP contribution in [0.2, 0.25) is 0 Å². The molecule has 0 amide bonds. The van der Waals surface area contributed by atoms with Gasteiger partial charge in [-0.1, -0.05) is 6.08 Å². The third-order valence-electron chi connectivity index (χ3n) is 2.46. The highest BCUT2D eigenvalue weighted by Crippen LogP contribution is 2.13. The van der Waals surface area contributed by atoms with Crippen molar-refractivity contribution >= 4 is 0 Å². The zero-order chi connectivity index (χ0) is 9.52. The molecular formula is C10H19NO2. The fraction of sp³-hybridized carbons (Fsp3) is 0.800. The first-order valence-corrected chi connectivity index (χ1v) is 4.92. The molecule has 1 rings (SSSR count). The Morgan fingerprint density at radius 3 is 2.69 bits per heavy atom. The SMILES string of the molecule is C=CCN(CCO)C1CCOCC1. The van der Waals surface area contributed by atoms with Crippen LogP contribution in [0, 0.1) is 0 Å². The van der Waals surface area contributed by atoms with Gasteiger partial charge in [-0.25, -0.2) is 0 Å². The summed E-state index contributed by atoms with van der Waals surface area (Å²) in [7, 11) is 0. The highest BCUT2D eigenvalue weighted by molar-refractivity contribution is 4.80. The summed E-state index contributed by atoms with van der Waals surface area (Å²) in [5.41, 5.74) is 0. The molecule has 0 aromatic carbocycles. The van der Waals surface area contributed by atoms with Crippen molar-refractivity contribution in [3.63, 3.8) is 0 Å². The van der Waals surface area contributed by atoms with E-state index in [0.717, 1.165) is 39.1 Å². The molecule has 13 heavy (non-hydrogen) atoms. The van der Waals surface area contributed by atoms with Gasteiger partial charge < -0.3 is 9.84 Å². The number of aliphatic hydroxyl groups is 1. The van der Waals surface area contributed by atoms with Gasteiger partial charge in [0, 0.05) is 32.3 Å². The van der Waals surface area contributed by atoms with E-state index < -0.39 is 0 Å². The third kappa shape index (κ3) is 3.46. The first kappa shape index (κ1) is 10.7. The number of hydrogen-bond acceptors (Lipinski definition) is 3. The molecule has 1 aliphatic heterocycles. The maximum Gasteiger partial charge on any atom is 0.0558 e. The highest BCUT2D eigenvalue weighted by atomic mass is 16.5. The summed E-state index contributed by atoms with van der Waals surface area (Å²) in [5.74, 6) is 0. The van der Waals surface area contributed by atoms with Crippen molar-refractivity contribution < 1.29 is 9.84 Å². The van der Waals surface area contributed by atoms with Crippen molar-refractivity contribution in [2.45, 2.75) is 18.9 Å². The maximum absolute atomic E-state index is 8.89. The van der Waals surface area contributed by atoms with Gasteiger partial charge in [0.15, 0.2) is 0 Å². The van der Waals surface area contributed by atoms with Gasteiger partial charge in [-0.3, -0.25) is 4.90 Å². The van der Waals surface area contributed by atoms with E-state index in [9.17, 15) is 0 Å². The molecule has 0 aliphatic carbocycles. The molecule has 0 unspecified atom stereocenters. The van der Waals surface area contributed by atoms with Gasteiger partial charge in [0.25, 0.3) is 0 Å². The molecule has 3 nitrogen and oxygen atoms in total. The van der Waals surface area contributed by atoms with E-state index in [4.69, 9.17) is 9.84 Å². The molecule has 0 radical (unpaired) electrons. The second kappa shape index (κ2) is 6.13. The summed E-state index contributed by atoms with van der Waals surface area (Å²) < 4.78 is 5.29. The molecule has 0 aromatic heterocycles. The Kier molecular flexibility index (Phi) is 5.05. The Morgan fingerprint density at radius 2 is 2.15 bits per heavy atom. The Hall–Kier alpha value is -0.380. The van der Waals surface area contributed by atoms with E-state index >= 15 is 0 Å². The third-order valence-corrected chi connectivity index (χ3v) is 2.46. The molecule has 0 aromatic rings. The zero-order valence-electron chi connectivity index (χ0n) is 8.11. The molecule has 0 bridgehead atoms. The zero-order valence-corrected chi connectivity index (χ0v) is 8.11. The van der Waals surface area contributed by atoms with Gasteiger partial charge in [0.05, 0.1) is 6.61 Å². The topological polar surface area (TPSA) is 32.7 Å². The van der Waals surface area contributed by atoms with Crippen LogP contribution in [0.5, 0.6) is 0 Å².